The molecule has 0 saturated carbocycles. The molecule has 2 aliphatic rings. The van der Waals surface area contributed by atoms with Gasteiger partial charge >= 0.3 is 0 Å². The number of aliphatic hydroxyl groups is 1. The normalized spacial score (nSPS) is 26.4. The predicted molar refractivity (Wildman–Crippen MR) is 87.4 cm³/mol. The van der Waals surface area contributed by atoms with Crippen molar-refractivity contribution < 1.29 is 5.11 Å². The molecular weight excluding hydrogens is 280 g/mol. The Morgan fingerprint density at radius 1 is 1.33 bits per heavy atom. The van der Waals surface area contributed by atoms with Crippen LogP contribution in [0.1, 0.15) is 36.1 Å². The zero-order valence-corrected chi connectivity index (χ0v) is 13.5. The van der Waals surface area contributed by atoms with E-state index in [-0.39, 0.29) is 6.61 Å². The van der Waals surface area contributed by atoms with Crippen LogP contribution in [0.15, 0.2) is 11.4 Å². The first-order valence-corrected chi connectivity index (χ1v) is 8.76. The van der Waals surface area contributed by atoms with E-state index < -0.39 is 0 Å². The first kappa shape index (κ1) is 15.1. The minimum atomic E-state index is 0.147. The Labute approximate surface area is 131 Å². The van der Waals surface area contributed by atoms with E-state index in [0.717, 1.165) is 24.2 Å². The van der Waals surface area contributed by atoms with E-state index in [1.165, 1.54) is 37.2 Å². The number of aliphatic hydroxyl groups excluding tert-OH is 1. The van der Waals surface area contributed by atoms with Gasteiger partial charge in [0.2, 0.25) is 0 Å². The lowest BCUT2D eigenvalue weighted by atomic mass is 10.1. The standard InChI is InChI=1S/C17H24N2OS/c1-18-15-5-6-16(18)12-19(9-7-15)13-17-14(8-11-21-17)4-2-3-10-20/h8,11,15-16,20H,3,5-7,9-10,12-13H2,1H3. The highest BCUT2D eigenvalue weighted by molar-refractivity contribution is 7.10. The van der Waals surface area contributed by atoms with Crippen molar-refractivity contribution in [2.45, 2.75) is 44.3 Å². The van der Waals surface area contributed by atoms with Gasteiger partial charge in [0.05, 0.1) is 6.61 Å². The molecule has 2 bridgehead atoms. The first-order valence-electron chi connectivity index (χ1n) is 7.88. The van der Waals surface area contributed by atoms with Crippen LogP contribution < -0.4 is 0 Å². The zero-order valence-electron chi connectivity index (χ0n) is 12.7. The van der Waals surface area contributed by atoms with Crippen LogP contribution in [0.2, 0.25) is 0 Å². The van der Waals surface area contributed by atoms with Gasteiger partial charge in [-0.05, 0) is 37.8 Å². The van der Waals surface area contributed by atoms with Crippen molar-refractivity contribution >= 4 is 11.3 Å². The molecule has 3 rings (SSSR count). The number of hydrogen-bond acceptors (Lipinski definition) is 4. The van der Waals surface area contributed by atoms with Crippen molar-refractivity contribution in [3.8, 4) is 11.8 Å². The third-order valence-electron chi connectivity index (χ3n) is 4.81. The number of likely N-dealkylation sites (tertiary alicyclic amines) is 1. The van der Waals surface area contributed by atoms with Crippen LogP contribution in [0.5, 0.6) is 0 Å². The van der Waals surface area contributed by atoms with E-state index in [0.29, 0.717) is 6.42 Å². The summed E-state index contributed by atoms with van der Waals surface area (Å²) in [6, 6.07) is 3.65. The third kappa shape index (κ3) is 3.49. The van der Waals surface area contributed by atoms with Crippen molar-refractivity contribution in [3.63, 3.8) is 0 Å². The average molecular weight is 304 g/mol. The van der Waals surface area contributed by atoms with Gasteiger partial charge in [-0.25, -0.2) is 0 Å². The van der Waals surface area contributed by atoms with Crippen molar-refractivity contribution in [2.75, 3.05) is 26.7 Å². The van der Waals surface area contributed by atoms with E-state index in [1.807, 2.05) is 11.3 Å². The van der Waals surface area contributed by atoms with Gasteiger partial charge in [0.15, 0.2) is 0 Å². The molecule has 114 valence electrons. The van der Waals surface area contributed by atoms with Gasteiger partial charge in [0.1, 0.15) is 0 Å². The van der Waals surface area contributed by atoms with E-state index in [4.69, 9.17) is 5.11 Å². The molecule has 0 spiro atoms. The summed E-state index contributed by atoms with van der Waals surface area (Å²) < 4.78 is 0. The van der Waals surface area contributed by atoms with Gasteiger partial charge in [0.25, 0.3) is 0 Å². The fourth-order valence-corrected chi connectivity index (χ4v) is 4.39. The van der Waals surface area contributed by atoms with Gasteiger partial charge in [-0.15, -0.1) is 11.3 Å². The summed E-state index contributed by atoms with van der Waals surface area (Å²) in [5, 5.41) is 11.0. The lowest BCUT2D eigenvalue weighted by molar-refractivity contribution is 0.215. The van der Waals surface area contributed by atoms with Gasteiger partial charge in [-0.1, -0.05) is 11.8 Å². The van der Waals surface area contributed by atoms with Gasteiger partial charge in [-0.2, -0.15) is 0 Å². The molecule has 21 heavy (non-hydrogen) atoms. The maximum Gasteiger partial charge on any atom is 0.0540 e. The number of nitrogens with zero attached hydrogens (tertiary/aromatic N) is 2. The predicted octanol–water partition coefficient (Wildman–Crippen LogP) is 2.15. The molecule has 3 heterocycles. The highest BCUT2D eigenvalue weighted by Gasteiger charge is 2.34. The van der Waals surface area contributed by atoms with Crippen LogP contribution in [-0.4, -0.2) is 53.7 Å². The molecule has 2 fully saturated rings. The van der Waals surface area contributed by atoms with Crippen LogP contribution in [0.25, 0.3) is 0 Å². The number of hydrogen-bond donors (Lipinski definition) is 1. The highest BCUT2D eigenvalue weighted by atomic mass is 32.1. The quantitative estimate of drug-likeness (QED) is 0.867. The largest absolute Gasteiger partial charge is 0.395 e. The Hall–Kier alpha value is -0.860. The van der Waals surface area contributed by atoms with E-state index in [9.17, 15) is 0 Å². The van der Waals surface area contributed by atoms with Gasteiger partial charge in [0, 0.05) is 48.6 Å². The molecule has 2 atom stereocenters. The Morgan fingerprint density at radius 3 is 3.05 bits per heavy atom. The minimum Gasteiger partial charge on any atom is -0.395 e. The van der Waals surface area contributed by atoms with Crippen LogP contribution in [-0.2, 0) is 6.54 Å². The second kappa shape index (κ2) is 6.93. The average Bonchev–Trinajstić information content (AvgIpc) is 2.99. The third-order valence-corrected chi connectivity index (χ3v) is 5.71. The molecule has 1 N–H and O–H groups in total. The van der Waals surface area contributed by atoms with Gasteiger partial charge < -0.3 is 5.11 Å². The molecule has 4 heteroatoms. The maximum absolute atomic E-state index is 8.83. The number of rotatable bonds is 3. The second-order valence-electron chi connectivity index (χ2n) is 6.11. The summed E-state index contributed by atoms with van der Waals surface area (Å²) in [6.45, 7) is 3.56. The van der Waals surface area contributed by atoms with Crippen molar-refractivity contribution in [3.05, 3.63) is 21.9 Å². The lowest BCUT2D eigenvalue weighted by Crippen LogP contribution is -2.36. The Bertz CT molecular complexity index is 530. The van der Waals surface area contributed by atoms with Crippen molar-refractivity contribution in [2.24, 2.45) is 0 Å². The molecule has 1 aromatic heterocycles. The summed E-state index contributed by atoms with van der Waals surface area (Å²) in [4.78, 5) is 6.57. The van der Waals surface area contributed by atoms with Gasteiger partial charge in [-0.3, -0.25) is 9.80 Å². The molecule has 0 radical (unpaired) electrons. The molecule has 0 aromatic carbocycles. The molecule has 1 aromatic rings. The van der Waals surface area contributed by atoms with Crippen molar-refractivity contribution in [1.29, 1.82) is 0 Å². The van der Waals surface area contributed by atoms with Crippen LogP contribution in [0.4, 0.5) is 0 Å². The second-order valence-corrected chi connectivity index (χ2v) is 7.11. The fourth-order valence-electron chi connectivity index (χ4n) is 3.51. The molecule has 0 aliphatic carbocycles. The van der Waals surface area contributed by atoms with Crippen LogP contribution in [0, 0.1) is 11.8 Å². The molecule has 0 amide bonds. The van der Waals surface area contributed by atoms with Crippen molar-refractivity contribution in [1.82, 2.24) is 9.80 Å². The van der Waals surface area contributed by atoms with E-state index in [1.54, 1.807) is 0 Å². The SMILES string of the molecule is CN1C2CCC1CN(Cc1sccc1C#CCCO)CC2. The molecule has 2 aliphatic heterocycles. The Kier molecular flexibility index (Phi) is 4.97. The summed E-state index contributed by atoms with van der Waals surface area (Å²) >= 11 is 1.81. The summed E-state index contributed by atoms with van der Waals surface area (Å²) in [5.41, 5.74) is 1.15. The number of thiophene rings is 1. The molecule has 2 unspecified atom stereocenters. The van der Waals surface area contributed by atoms with E-state index >= 15 is 0 Å². The molecule has 2 saturated heterocycles. The number of likely N-dealkylation sites (N-methyl/N-ethyl adjacent to an activating group) is 1. The lowest BCUT2D eigenvalue weighted by Gasteiger charge is -2.25. The minimum absolute atomic E-state index is 0.147. The summed E-state index contributed by atoms with van der Waals surface area (Å²) in [6.07, 6.45) is 4.59. The topological polar surface area (TPSA) is 26.7 Å². The zero-order chi connectivity index (χ0) is 14.7. The highest BCUT2D eigenvalue weighted by Crippen LogP contribution is 2.29. The van der Waals surface area contributed by atoms with Crippen LogP contribution >= 0.6 is 11.3 Å². The Morgan fingerprint density at radius 2 is 2.19 bits per heavy atom. The smallest absolute Gasteiger partial charge is 0.0540 e. The fraction of sp³-hybridized carbons (Fsp3) is 0.647. The molecular formula is C17H24N2OS. The number of fused-ring (bicyclic) bond motifs is 2. The van der Waals surface area contributed by atoms with Crippen LogP contribution in [0.3, 0.4) is 0 Å². The monoisotopic (exact) mass is 304 g/mol. The van der Waals surface area contributed by atoms with E-state index in [2.05, 4.69) is 40.1 Å². The maximum atomic E-state index is 8.83. The summed E-state index contributed by atoms with van der Waals surface area (Å²) in [5.74, 6) is 6.25. The molecule has 3 nitrogen and oxygen atoms in total. The Balaban J connectivity index is 1.65. The summed E-state index contributed by atoms with van der Waals surface area (Å²) in [7, 11) is 2.29. The first-order chi connectivity index (χ1) is 10.3.